The molecule has 3 heteroatoms. The molecule has 0 aliphatic carbocycles. The van der Waals surface area contributed by atoms with E-state index in [-0.39, 0.29) is 5.41 Å². The van der Waals surface area contributed by atoms with Crippen LogP contribution in [0.2, 0.25) is 0 Å². The van der Waals surface area contributed by atoms with E-state index in [4.69, 9.17) is 5.73 Å². The summed E-state index contributed by atoms with van der Waals surface area (Å²) < 4.78 is 0. The van der Waals surface area contributed by atoms with Crippen molar-refractivity contribution in [3.05, 3.63) is 22.4 Å². The predicted molar refractivity (Wildman–Crippen MR) is 77.5 cm³/mol. The Labute approximate surface area is 110 Å². The Morgan fingerprint density at radius 2 is 2.06 bits per heavy atom. The fraction of sp³-hybridized carbons (Fsp3) is 0.714. The van der Waals surface area contributed by atoms with Crippen molar-refractivity contribution in [3.63, 3.8) is 0 Å². The largest absolute Gasteiger partial charge is 0.329 e. The third kappa shape index (κ3) is 4.09. The van der Waals surface area contributed by atoms with Crippen molar-refractivity contribution >= 4 is 11.3 Å². The van der Waals surface area contributed by atoms with Crippen molar-refractivity contribution in [2.75, 3.05) is 13.6 Å². The van der Waals surface area contributed by atoms with E-state index in [0.29, 0.717) is 12.1 Å². The van der Waals surface area contributed by atoms with Gasteiger partial charge in [0.2, 0.25) is 0 Å². The Morgan fingerprint density at radius 1 is 1.41 bits per heavy atom. The van der Waals surface area contributed by atoms with E-state index >= 15 is 0 Å². The first-order chi connectivity index (χ1) is 7.86. The Balaban J connectivity index is 2.64. The lowest BCUT2D eigenvalue weighted by Gasteiger charge is -2.40. The number of thiophene rings is 1. The van der Waals surface area contributed by atoms with Crippen molar-refractivity contribution in [3.8, 4) is 0 Å². The van der Waals surface area contributed by atoms with Crippen LogP contribution >= 0.6 is 11.3 Å². The molecule has 0 aliphatic rings. The van der Waals surface area contributed by atoms with Gasteiger partial charge >= 0.3 is 0 Å². The molecular weight excluding hydrogens is 228 g/mol. The maximum absolute atomic E-state index is 5.93. The fourth-order valence-electron chi connectivity index (χ4n) is 2.30. The molecule has 0 spiro atoms. The molecule has 0 saturated heterocycles. The van der Waals surface area contributed by atoms with Gasteiger partial charge in [-0.25, -0.2) is 0 Å². The molecule has 1 rings (SSSR count). The summed E-state index contributed by atoms with van der Waals surface area (Å²) in [5, 5.41) is 2.15. The summed E-state index contributed by atoms with van der Waals surface area (Å²) in [6, 6.07) is 5.29. The van der Waals surface area contributed by atoms with Crippen molar-refractivity contribution < 1.29 is 0 Å². The number of hydrogen-bond acceptors (Lipinski definition) is 3. The van der Waals surface area contributed by atoms with Gasteiger partial charge in [0.25, 0.3) is 0 Å². The van der Waals surface area contributed by atoms with Crippen LogP contribution in [0, 0.1) is 5.41 Å². The van der Waals surface area contributed by atoms with Crippen molar-refractivity contribution in [2.24, 2.45) is 11.1 Å². The second kappa shape index (κ2) is 5.98. The number of likely N-dealkylation sites (N-methyl/N-ethyl adjacent to an activating group) is 1. The van der Waals surface area contributed by atoms with Crippen LogP contribution in [0.1, 0.15) is 32.6 Å². The molecule has 2 atom stereocenters. The zero-order valence-corrected chi connectivity index (χ0v) is 12.6. The minimum atomic E-state index is 0.229. The maximum atomic E-state index is 5.93. The molecule has 0 radical (unpaired) electrons. The van der Waals surface area contributed by atoms with Crippen LogP contribution < -0.4 is 5.73 Å². The van der Waals surface area contributed by atoms with E-state index in [1.54, 1.807) is 0 Å². The molecule has 1 aromatic rings. The van der Waals surface area contributed by atoms with Gasteiger partial charge in [-0.1, -0.05) is 26.8 Å². The smallest absolute Gasteiger partial charge is 0.0266 e. The minimum absolute atomic E-state index is 0.229. The molecule has 2 unspecified atom stereocenters. The lowest BCUT2D eigenvalue weighted by atomic mass is 9.85. The second-order valence-corrected chi connectivity index (χ2v) is 6.95. The van der Waals surface area contributed by atoms with Crippen LogP contribution in [0.25, 0.3) is 0 Å². The Kier molecular flexibility index (Phi) is 5.17. The van der Waals surface area contributed by atoms with Crippen LogP contribution in [0.15, 0.2) is 17.5 Å². The van der Waals surface area contributed by atoms with Gasteiger partial charge in [-0.15, -0.1) is 11.3 Å². The van der Waals surface area contributed by atoms with Crippen molar-refractivity contribution in [1.82, 2.24) is 4.90 Å². The fourth-order valence-corrected chi connectivity index (χ4v) is 3.13. The third-order valence-electron chi connectivity index (χ3n) is 3.49. The molecule has 0 bridgehead atoms. The average molecular weight is 254 g/mol. The SMILES string of the molecule is CC(Cc1cccs1)N(C)C(CN)C(C)(C)C. The normalized spacial score (nSPS) is 16.2. The lowest BCUT2D eigenvalue weighted by Crippen LogP contribution is -2.50. The average Bonchev–Trinajstić information content (AvgIpc) is 2.69. The summed E-state index contributed by atoms with van der Waals surface area (Å²) >= 11 is 1.84. The molecule has 1 heterocycles. The monoisotopic (exact) mass is 254 g/mol. The molecule has 0 aromatic carbocycles. The quantitative estimate of drug-likeness (QED) is 0.875. The number of rotatable bonds is 5. The molecule has 0 saturated carbocycles. The molecule has 98 valence electrons. The highest BCUT2D eigenvalue weighted by Crippen LogP contribution is 2.25. The first-order valence-electron chi connectivity index (χ1n) is 6.30. The van der Waals surface area contributed by atoms with Gasteiger partial charge in [0.15, 0.2) is 0 Å². The molecule has 17 heavy (non-hydrogen) atoms. The Hall–Kier alpha value is -0.380. The topological polar surface area (TPSA) is 29.3 Å². The summed E-state index contributed by atoms with van der Waals surface area (Å²) in [5.41, 5.74) is 6.16. The van der Waals surface area contributed by atoms with Crippen molar-refractivity contribution in [2.45, 2.75) is 46.2 Å². The molecule has 0 amide bonds. The first-order valence-corrected chi connectivity index (χ1v) is 7.18. The van der Waals surface area contributed by atoms with Gasteiger partial charge < -0.3 is 5.73 Å². The lowest BCUT2D eigenvalue weighted by molar-refractivity contribution is 0.0969. The highest BCUT2D eigenvalue weighted by molar-refractivity contribution is 7.09. The van der Waals surface area contributed by atoms with Crippen LogP contribution in [0.3, 0.4) is 0 Å². The standard InChI is InChI=1S/C14H26N2S/c1-11(9-12-7-6-8-17-12)16(5)13(10-15)14(2,3)4/h6-8,11,13H,9-10,15H2,1-5H3. The van der Waals surface area contributed by atoms with E-state index < -0.39 is 0 Å². The van der Waals surface area contributed by atoms with E-state index in [1.807, 2.05) is 11.3 Å². The summed E-state index contributed by atoms with van der Waals surface area (Å²) in [6.45, 7) is 9.79. The van der Waals surface area contributed by atoms with Crippen LogP contribution in [-0.2, 0) is 6.42 Å². The molecule has 1 aromatic heterocycles. The van der Waals surface area contributed by atoms with Gasteiger partial charge in [0.05, 0.1) is 0 Å². The van der Waals surface area contributed by atoms with Gasteiger partial charge in [-0.3, -0.25) is 4.90 Å². The van der Waals surface area contributed by atoms with Gasteiger partial charge in [0.1, 0.15) is 0 Å². The zero-order valence-electron chi connectivity index (χ0n) is 11.7. The molecule has 0 aliphatic heterocycles. The van der Waals surface area contributed by atoms with E-state index in [0.717, 1.165) is 13.0 Å². The second-order valence-electron chi connectivity index (χ2n) is 5.92. The molecule has 2 nitrogen and oxygen atoms in total. The van der Waals surface area contributed by atoms with Gasteiger partial charge in [-0.05, 0) is 37.3 Å². The van der Waals surface area contributed by atoms with Crippen molar-refractivity contribution in [1.29, 1.82) is 0 Å². The van der Waals surface area contributed by atoms with E-state index in [9.17, 15) is 0 Å². The summed E-state index contributed by atoms with van der Waals surface area (Å²) in [5.74, 6) is 0. The Morgan fingerprint density at radius 3 is 2.47 bits per heavy atom. The summed E-state index contributed by atoms with van der Waals surface area (Å²) in [4.78, 5) is 3.88. The zero-order chi connectivity index (χ0) is 13.1. The Bertz CT molecular complexity index is 313. The van der Waals surface area contributed by atoms with Crippen LogP contribution in [0.5, 0.6) is 0 Å². The van der Waals surface area contributed by atoms with Gasteiger partial charge in [-0.2, -0.15) is 0 Å². The number of nitrogens with two attached hydrogens (primary N) is 1. The van der Waals surface area contributed by atoms with Crippen LogP contribution in [-0.4, -0.2) is 30.6 Å². The van der Waals surface area contributed by atoms with Gasteiger partial charge in [0, 0.05) is 23.5 Å². The highest BCUT2D eigenvalue weighted by atomic mass is 32.1. The summed E-state index contributed by atoms with van der Waals surface area (Å²) in [6.07, 6.45) is 1.11. The molecule has 0 fully saturated rings. The van der Waals surface area contributed by atoms with Crippen LogP contribution in [0.4, 0.5) is 0 Å². The summed E-state index contributed by atoms with van der Waals surface area (Å²) in [7, 11) is 2.20. The number of nitrogens with zero attached hydrogens (tertiary/aromatic N) is 1. The molecular formula is C14H26N2S. The highest BCUT2D eigenvalue weighted by Gasteiger charge is 2.29. The van der Waals surface area contributed by atoms with E-state index in [1.165, 1.54) is 4.88 Å². The predicted octanol–water partition coefficient (Wildman–Crippen LogP) is 2.98. The first kappa shape index (κ1) is 14.7. The maximum Gasteiger partial charge on any atom is 0.0266 e. The molecule has 2 N–H and O–H groups in total. The number of hydrogen-bond donors (Lipinski definition) is 1. The minimum Gasteiger partial charge on any atom is -0.329 e. The third-order valence-corrected chi connectivity index (χ3v) is 4.39. The van der Waals surface area contributed by atoms with E-state index in [2.05, 4.69) is 57.2 Å².